The predicted octanol–water partition coefficient (Wildman–Crippen LogP) is -4.13. The number of aromatic nitrogens is 3. The standard InChI is InChI=1S/C41H58N18O8/c42-26-19-25-20-59(58-57-25)16-2-1-3-27(34(45)62)52-38(66)30(17-21-4-8-23(9-5-21)50-40(46)47)56-39(67)31(18-22-6-10-24(11-7-22)51-41(48)49)55-37(65)29(13-15-33(44)61)54-36(64)28(53-35(26)63)12-14-32(43)60/h4-11,20,26-31H,1-3,12-19,42H2,(H2,43,60)(H2,44,61)(H2,45,62)(H,52,66)(H,53,63)(H,54,64)(H,55,65)(H,56,67)(H4,46,47,50)(H4,48,49,51)/t26-,27?,28?,29+,30+,31+/m0/s1. The molecule has 0 radical (unpaired) electrons. The Morgan fingerprint density at radius 3 is 1.51 bits per heavy atom. The number of anilines is 2. The monoisotopic (exact) mass is 930 g/mol. The number of hydrogen-bond acceptors (Lipinski definition) is 13. The molecule has 0 saturated carbocycles. The summed E-state index contributed by atoms with van der Waals surface area (Å²) < 4.78 is 1.49. The zero-order valence-electron chi connectivity index (χ0n) is 36.5. The lowest BCUT2D eigenvalue weighted by Crippen LogP contribution is -2.60. The first kappa shape index (κ1) is 51.5. The average Bonchev–Trinajstić information content (AvgIpc) is 3.71. The topological polar surface area (TPSA) is 455 Å². The molecule has 2 heterocycles. The SMILES string of the molecule is N=C(N)Nc1ccc(C[C@H]2NC(=O)[C@@H](Cc3ccc(NC(=N)N)cc3)NC(=O)[C@@H](CCC(N)=O)NC(=O)C(CCC(N)=O)NC(=O)[C@@H](N)Cc3cn(nn3)CCCCC(C(N)=O)NC2=O)cc1. The molecule has 1 aliphatic heterocycles. The Bertz CT molecular complexity index is 2290. The Kier molecular flexibility index (Phi) is 19.0. The largest absolute Gasteiger partial charge is 0.370 e. The minimum absolute atomic E-state index is 0.0995. The van der Waals surface area contributed by atoms with Crippen LogP contribution in [-0.4, -0.2) is 110 Å². The van der Waals surface area contributed by atoms with Crippen LogP contribution in [0.5, 0.6) is 0 Å². The molecule has 1 aromatic heterocycles. The molecule has 0 fully saturated rings. The van der Waals surface area contributed by atoms with Crippen molar-refractivity contribution in [2.75, 3.05) is 10.6 Å². The maximum atomic E-state index is 14.5. The van der Waals surface area contributed by atoms with Crippen molar-refractivity contribution in [1.82, 2.24) is 41.6 Å². The van der Waals surface area contributed by atoms with E-state index in [0.717, 1.165) is 0 Å². The van der Waals surface area contributed by atoms with E-state index in [1.165, 1.54) is 4.68 Å². The van der Waals surface area contributed by atoms with Crippen molar-refractivity contribution in [2.24, 2.45) is 34.4 Å². The minimum Gasteiger partial charge on any atom is -0.370 e. The number of rotatable bonds is 13. The van der Waals surface area contributed by atoms with E-state index in [1.807, 2.05) is 0 Å². The van der Waals surface area contributed by atoms with Gasteiger partial charge in [-0.25, -0.2) is 0 Å². The number of nitrogens with zero attached hydrogens (tertiary/aromatic N) is 3. The number of guanidine groups is 2. The number of fused-ring (bicyclic) bond motifs is 2. The fourth-order valence-corrected chi connectivity index (χ4v) is 6.90. The van der Waals surface area contributed by atoms with Crippen molar-refractivity contribution in [2.45, 2.75) is 107 Å². The van der Waals surface area contributed by atoms with Gasteiger partial charge in [-0.15, -0.1) is 5.10 Å². The van der Waals surface area contributed by atoms with Gasteiger partial charge >= 0.3 is 0 Å². The quantitative estimate of drug-likeness (QED) is 0.0572. The molecule has 21 N–H and O–H groups in total. The van der Waals surface area contributed by atoms with Gasteiger partial charge < -0.3 is 71.6 Å². The fourth-order valence-electron chi connectivity index (χ4n) is 6.90. The van der Waals surface area contributed by atoms with Crippen molar-refractivity contribution in [3.63, 3.8) is 0 Å². The summed E-state index contributed by atoms with van der Waals surface area (Å²) in [6.07, 6.45) is 0.503. The molecule has 3 aromatic rings. The summed E-state index contributed by atoms with van der Waals surface area (Å²) in [4.78, 5) is 107. The lowest BCUT2D eigenvalue weighted by atomic mass is 10.0. The molecule has 0 saturated heterocycles. The van der Waals surface area contributed by atoms with Crippen molar-refractivity contribution in [3.05, 3.63) is 71.5 Å². The highest BCUT2D eigenvalue weighted by atomic mass is 16.2. The van der Waals surface area contributed by atoms with Gasteiger partial charge in [0, 0.05) is 56.2 Å². The number of nitrogens with one attached hydrogen (secondary N) is 9. The molecule has 0 aliphatic carbocycles. The van der Waals surface area contributed by atoms with E-state index >= 15 is 0 Å². The van der Waals surface area contributed by atoms with Crippen LogP contribution in [0.2, 0.25) is 0 Å². The van der Waals surface area contributed by atoms with E-state index < -0.39 is 89.9 Å². The smallest absolute Gasteiger partial charge is 0.243 e. The van der Waals surface area contributed by atoms with Gasteiger partial charge in [0.25, 0.3) is 0 Å². The third-order valence-electron chi connectivity index (χ3n) is 10.4. The molecule has 6 atom stereocenters. The van der Waals surface area contributed by atoms with Crippen molar-refractivity contribution in [1.29, 1.82) is 10.8 Å². The number of carbonyl (C=O) groups is 8. The summed E-state index contributed by atoms with van der Waals surface area (Å²) in [7, 11) is 0. The highest BCUT2D eigenvalue weighted by Gasteiger charge is 2.34. The van der Waals surface area contributed by atoms with Crippen LogP contribution in [0.1, 0.15) is 61.8 Å². The van der Waals surface area contributed by atoms with Crippen LogP contribution in [-0.2, 0) is 64.2 Å². The van der Waals surface area contributed by atoms with Crippen molar-refractivity contribution >= 4 is 70.6 Å². The highest BCUT2D eigenvalue weighted by molar-refractivity contribution is 5.97. The normalized spacial score (nSPS) is 21.4. The summed E-state index contributed by atoms with van der Waals surface area (Å²) >= 11 is 0. The molecular weight excluding hydrogens is 873 g/mol. The maximum absolute atomic E-state index is 14.5. The number of primary amides is 3. The number of amides is 8. The molecule has 67 heavy (non-hydrogen) atoms. The molecule has 360 valence electrons. The third kappa shape index (κ3) is 17.4. The number of aryl methyl sites for hydroxylation is 1. The van der Waals surface area contributed by atoms with Gasteiger partial charge in [0.05, 0.1) is 11.7 Å². The van der Waals surface area contributed by atoms with E-state index in [1.54, 1.807) is 54.7 Å². The molecule has 2 unspecified atom stereocenters. The molecule has 4 rings (SSSR count). The van der Waals surface area contributed by atoms with Gasteiger partial charge in [-0.2, -0.15) is 0 Å². The average molecular weight is 931 g/mol. The first-order chi connectivity index (χ1) is 31.8. The molecular formula is C41H58N18O8. The van der Waals surface area contributed by atoms with Crippen LogP contribution >= 0.6 is 0 Å². The number of benzene rings is 2. The second-order valence-electron chi connectivity index (χ2n) is 15.9. The van der Waals surface area contributed by atoms with Gasteiger partial charge in [-0.05, 0) is 67.5 Å². The third-order valence-corrected chi connectivity index (χ3v) is 10.4. The summed E-state index contributed by atoms with van der Waals surface area (Å²) in [6, 6.07) is 4.34. The molecule has 0 spiro atoms. The summed E-state index contributed by atoms with van der Waals surface area (Å²) in [6.45, 7) is 0.316. The van der Waals surface area contributed by atoms with E-state index in [9.17, 15) is 38.4 Å². The molecule has 26 nitrogen and oxygen atoms in total. The summed E-state index contributed by atoms with van der Waals surface area (Å²) in [5.41, 5.74) is 35.9. The zero-order valence-corrected chi connectivity index (χ0v) is 36.5. The Morgan fingerprint density at radius 1 is 0.627 bits per heavy atom. The Hall–Kier alpha value is -8.16. The zero-order chi connectivity index (χ0) is 49.2. The van der Waals surface area contributed by atoms with Crippen molar-refractivity contribution in [3.8, 4) is 0 Å². The van der Waals surface area contributed by atoms with Crippen LogP contribution in [0, 0.1) is 10.8 Å². The fraction of sp³-hybridized carbons (Fsp3) is 0.415. The van der Waals surface area contributed by atoms with Crippen LogP contribution in [0.15, 0.2) is 54.7 Å². The second-order valence-corrected chi connectivity index (χ2v) is 15.9. The number of carbonyl (C=O) groups excluding carboxylic acids is 8. The maximum Gasteiger partial charge on any atom is 0.243 e. The number of hydrogen-bond donors (Lipinski definition) is 15. The Morgan fingerprint density at radius 2 is 1.06 bits per heavy atom. The summed E-state index contributed by atoms with van der Waals surface area (Å²) in [5, 5.41) is 41.4. The van der Waals surface area contributed by atoms with E-state index in [4.69, 9.17) is 45.2 Å². The molecule has 1 aliphatic rings. The molecule has 26 heteroatoms. The van der Waals surface area contributed by atoms with Crippen LogP contribution in [0.25, 0.3) is 0 Å². The first-order valence-corrected chi connectivity index (χ1v) is 21.2. The van der Waals surface area contributed by atoms with Gasteiger partial charge in [0.1, 0.15) is 30.2 Å². The first-order valence-electron chi connectivity index (χ1n) is 21.2. The van der Waals surface area contributed by atoms with Gasteiger partial charge in [-0.1, -0.05) is 29.5 Å². The van der Waals surface area contributed by atoms with E-state index in [2.05, 4.69) is 47.5 Å². The predicted molar refractivity (Wildman–Crippen MR) is 243 cm³/mol. The van der Waals surface area contributed by atoms with Crippen molar-refractivity contribution < 1.29 is 38.4 Å². The van der Waals surface area contributed by atoms with Gasteiger partial charge in [0.15, 0.2) is 11.9 Å². The molecule has 2 aromatic carbocycles. The van der Waals surface area contributed by atoms with Crippen LogP contribution < -0.4 is 71.6 Å². The molecule has 2 bridgehead atoms. The van der Waals surface area contributed by atoms with Crippen LogP contribution in [0.4, 0.5) is 11.4 Å². The lowest BCUT2D eigenvalue weighted by Gasteiger charge is -2.27. The minimum atomic E-state index is -1.57. The lowest BCUT2D eigenvalue weighted by molar-refractivity contribution is -0.135. The number of nitrogens with two attached hydrogens (primary N) is 6. The Labute approximate surface area is 384 Å². The second kappa shape index (κ2) is 24.8. The highest BCUT2D eigenvalue weighted by Crippen LogP contribution is 2.15. The van der Waals surface area contributed by atoms with E-state index in [0.29, 0.717) is 47.6 Å². The summed E-state index contributed by atoms with van der Waals surface area (Å²) in [5.74, 6) is -7.59. The van der Waals surface area contributed by atoms with Gasteiger partial charge in [-0.3, -0.25) is 53.9 Å². The Balaban J connectivity index is 1.77. The molecule has 8 amide bonds. The van der Waals surface area contributed by atoms with Gasteiger partial charge in [0.2, 0.25) is 47.3 Å². The van der Waals surface area contributed by atoms with E-state index in [-0.39, 0.29) is 56.9 Å². The van der Waals surface area contributed by atoms with Crippen LogP contribution in [0.3, 0.4) is 0 Å².